The maximum absolute atomic E-state index is 13.8. The Balaban J connectivity index is 1.51. The summed E-state index contributed by atoms with van der Waals surface area (Å²) in [4.78, 5) is 29.9. The number of halogens is 2. The Kier molecular flexibility index (Phi) is 4.42. The van der Waals surface area contributed by atoms with Gasteiger partial charge in [0.05, 0.1) is 6.61 Å². The third-order valence-corrected chi connectivity index (χ3v) is 5.18. The van der Waals surface area contributed by atoms with Crippen molar-refractivity contribution in [3.05, 3.63) is 0 Å². The van der Waals surface area contributed by atoms with E-state index in [9.17, 15) is 18.4 Å². The molecule has 0 radical (unpaired) electrons. The molecule has 22 heavy (non-hydrogen) atoms. The summed E-state index contributed by atoms with van der Waals surface area (Å²) in [6.07, 6.45) is -0.691. The summed E-state index contributed by atoms with van der Waals surface area (Å²) in [7, 11) is 0. The van der Waals surface area contributed by atoms with Crippen LogP contribution in [0.25, 0.3) is 0 Å². The predicted octanol–water partition coefficient (Wildman–Crippen LogP) is -0.459. The number of fused-ring (bicyclic) bond motifs is 2. The number of rotatable bonds is 4. The maximum Gasteiger partial charge on any atom is 0.318 e. The fourth-order valence-corrected chi connectivity index (χ4v) is 3.75. The van der Waals surface area contributed by atoms with E-state index >= 15 is 0 Å². The van der Waals surface area contributed by atoms with Crippen LogP contribution in [0.4, 0.5) is 13.6 Å². The highest BCUT2D eigenvalue weighted by Crippen LogP contribution is 2.35. The quantitative estimate of drug-likeness (QED) is 0.605. The van der Waals surface area contributed by atoms with E-state index in [1.807, 2.05) is 0 Å². The van der Waals surface area contributed by atoms with Gasteiger partial charge in [0.15, 0.2) is 0 Å². The van der Waals surface area contributed by atoms with Crippen LogP contribution >= 0.6 is 11.8 Å². The van der Waals surface area contributed by atoms with E-state index in [1.165, 1.54) is 0 Å². The van der Waals surface area contributed by atoms with Crippen LogP contribution in [0.5, 0.6) is 0 Å². The second-order valence-electron chi connectivity index (χ2n) is 5.64. The first-order valence-corrected chi connectivity index (χ1v) is 8.30. The van der Waals surface area contributed by atoms with Gasteiger partial charge in [-0.25, -0.2) is 19.1 Å². The summed E-state index contributed by atoms with van der Waals surface area (Å²) in [6, 6.07) is -2.94. The Morgan fingerprint density at radius 1 is 1.55 bits per heavy atom. The number of carbonyl (C=O) groups excluding carboxylic acids is 2. The summed E-state index contributed by atoms with van der Waals surface area (Å²) in [5, 5.41) is 5.43. The average molecular weight is 336 g/mol. The molecule has 3 aliphatic rings. The molecule has 3 rings (SSSR count). The molecule has 2 bridgehead atoms. The molecule has 0 saturated carbocycles. The molecule has 10 heteroatoms. The van der Waals surface area contributed by atoms with Crippen LogP contribution in [-0.4, -0.2) is 72.1 Å². The molecule has 0 aromatic rings. The van der Waals surface area contributed by atoms with Crippen LogP contribution in [0.2, 0.25) is 0 Å². The monoisotopic (exact) mass is 336 g/mol. The minimum absolute atomic E-state index is 0.117. The molecule has 3 atom stereocenters. The molecule has 0 aromatic heterocycles. The zero-order valence-corrected chi connectivity index (χ0v) is 12.6. The normalized spacial score (nSPS) is 33.5. The molecule has 3 aliphatic heterocycles. The lowest BCUT2D eigenvalue weighted by Crippen LogP contribution is -2.56. The van der Waals surface area contributed by atoms with Gasteiger partial charge in [-0.2, -0.15) is 11.8 Å². The zero-order valence-electron chi connectivity index (χ0n) is 11.8. The second-order valence-corrected chi connectivity index (χ2v) is 6.79. The van der Waals surface area contributed by atoms with E-state index in [0.29, 0.717) is 0 Å². The number of alkyl halides is 2. The van der Waals surface area contributed by atoms with Gasteiger partial charge in [-0.1, -0.05) is 0 Å². The Labute approximate surface area is 130 Å². The minimum Gasteiger partial charge on any atom is -0.327 e. The third-order valence-electron chi connectivity index (χ3n) is 4.05. The number of hydroxylamine groups is 1. The molecule has 3 saturated heterocycles. The summed E-state index contributed by atoms with van der Waals surface area (Å²) in [5.74, 6) is -1.90. The second kappa shape index (κ2) is 6.17. The van der Waals surface area contributed by atoms with Crippen molar-refractivity contribution in [1.82, 2.24) is 21.0 Å². The van der Waals surface area contributed by atoms with Gasteiger partial charge < -0.3 is 15.5 Å². The molecule has 1 unspecified atom stereocenters. The van der Waals surface area contributed by atoms with Crippen LogP contribution in [0.1, 0.15) is 6.42 Å². The predicted molar refractivity (Wildman–Crippen MR) is 75.6 cm³/mol. The summed E-state index contributed by atoms with van der Waals surface area (Å²) >= 11 is 1.78. The lowest BCUT2D eigenvalue weighted by molar-refractivity contribution is -0.146. The molecule has 0 aromatic carbocycles. The van der Waals surface area contributed by atoms with Crippen molar-refractivity contribution in [3.63, 3.8) is 0 Å². The van der Waals surface area contributed by atoms with Gasteiger partial charge >= 0.3 is 6.03 Å². The van der Waals surface area contributed by atoms with Crippen molar-refractivity contribution in [2.45, 2.75) is 30.5 Å². The highest BCUT2D eigenvalue weighted by molar-refractivity contribution is 7.99. The molecule has 3 amide bonds. The highest BCUT2D eigenvalue weighted by atomic mass is 32.2. The molecular formula is C12H18F2N4O3S. The molecule has 3 fully saturated rings. The lowest BCUT2D eigenvalue weighted by atomic mass is 9.96. The summed E-state index contributed by atoms with van der Waals surface area (Å²) in [5.41, 5.74) is 2.20. The lowest BCUT2D eigenvalue weighted by Gasteiger charge is -2.34. The van der Waals surface area contributed by atoms with E-state index in [2.05, 4.69) is 16.1 Å². The van der Waals surface area contributed by atoms with Crippen LogP contribution in [-0.2, 0) is 9.63 Å². The first-order chi connectivity index (χ1) is 10.5. The van der Waals surface area contributed by atoms with Crippen molar-refractivity contribution in [2.24, 2.45) is 0 Å². The van der Waals surface area contributed by atoms with Gasteiger partial charge in [0.25, 0.3) is 11.8 Å². The van der Waals surface area contributed by atoms with Gasteiger partial charge in [0, 0.05) is 37.1 Å². The van der Waals surface area contributed by atoms with Crippen molar-refractivity contribution >= 4 is 23.7 Å². The van der Waals surface area contributed by atoms with Crippen LogP contribution < -0.4 is 16.1 Å². The highest BCUT2D eigenvalue weighted by Gasteiger charge is 2.56. The van der Waals surface area contributed by atoms with Crippen molar-refractivity contribution in [3.8, 4) is 0 Å². The SMILES string of the molecule is O=C(NOCC1CSCCN1)[C@@H]1CC(F)(F)[C@@H]2CN1C(=O)N2. The number of hydrogen-bond acceptors (Lipinski definition) is 5. The number of urea groups is 1. The van der Waals surface area contributed by atoms with Gasteiger partial charge in [0.1, 0.15) is 12.1 Å². The number of carbonyl (C=O) groups is 2. The number of nitrogens with one attached hydrogen (secondary N) is 3. The largest absolute Gasteiger partial charge is 0.327 e. The number of piperidine rings is 1. The van der Waals surface area contributed by atoms with E-state index < -0.39 is 36.4 Å². The molecule has 124 valence electrons. The smallest absolute Gasteiger partial charge is 0.318 e. The molecular weight excluding hydrogens is 318 g/mol. The van der Waals surface area contributed by atoms with E-state index in [0.717, 1.165) is 23.0 Å². The molecule has 3 N–H and O–H groups in total. The zero-order chi connectivity index (χ0) is 15.7. The molecule has 0 aliphatic carbocycles. The van der Waals surface area contributed by atoms with E-state index in [-0.39, 0.29) is 19.2 Å². The Hall–Kier alpha value is -1.13. The number of thioether (sulfide) groups is 1. The summed E-state index contributed by atoms with van der Waals surface area (Å²) in [6.45, 7) is 0.970. The van der Waals surface area contributed by atoms with Crippen molar-refractivity contribution in [1.29, 1.82) is 0 Å². The first kappa shape index (κ1) is 15.8. The van der Waals surface area contributed by atoms with Crippen molar-refractivity contribution < 1.29 is 23.2 Å². The Bertz CT molecular complexity index is 462. The average Bonchev–Trinajstić information content (AvgIpc) is 2.84. The summed E-state index contributed by atoms with van der Waals surface area (Å²) < 4.78 is 27.6. The minimum atomic E-state index is -3.09. The third kappa shape index (κ3) is 3.13. The van der Waals surface area contributed by atoms with Gasteiger partial charge in [-0.15, -0.1) is 0 Å². The Morgan fingerprint density at radius 2 is 2.36 bits per heavy atom. The van der Waals surface area contributed by atoms with Crippen LogP contribution in [0, 0.1) is 0 Å². The molecule has 7 nitrogen and oxygen atoms in total. The van der Waals surface area contributed by atoms with E-state index in [1.54, 1.807) is 11.8 Å². The fourth-order valence-electron chi connectivity index (χ4n) is 2.82. The topological polar surface area (TPSA) is 82.7 Å². The maximum atomic E-state index is 13.8. The fraction of sp³-hybridized carbons (Fsp3) is 0.833. The van der Waals surface area contributed by atoms with Crippen molar-refractivity contribution in [2.75, 3.05) is 31.2 Å². The van der Waals surface area contributed by atoms with Gasteiger partial charge in [-0.3, -0.25) is 9.63 Å². The Morgan fingerprint density at radius 3 is 3.09 bits per heavy atom. The number of amides is 3. The standard InChI is InChI=1S/C12H18F2N4O3S/c13-12(14)3-8(18-4-9(12)16-11(18)20)10(19)17-21-5-7-6-22-2-1-15-7/h7-9,15H,1-6H2,(H,16,20)(H,17,19)/t7?,8-,9-/m0/s1. The van der Waals surface area contributed by atoms with E-state index in [4.69, 9.17) is 4.84 Å². The van der Waals surface area contributed by atoms with Gasteiger partial charge in [-0.05, 0) is 0 Å². The van der Waals surface area contributed by atoms with Crippen LogP contribution in [0.3, 0.4) is 0 Å². The first-order valence-electron chi connectivity index (χ1n) is 7.15. The van der Waals surface area contributed by atoms with Crippen LogP contribution in [0.15, 0.2) is 0 Å². The number of nitrogens with zero attached hydrogens (tertiary/aromatic N) is 1. The van der Waals surface area contributed by atoms with Gasteiger partial charge in [0.2, 0.25) is 0 Å². The molecule has 3 heterocycles. The number of hydrogen-bond donors (Lipinski definition) is 3. The molecule has 0 spiro atoms.